The zero-order chi connectivity index (χ0) is 16.4. The highest BCUT2D eigenvalue weighted by Crippen LogP contribution is 2.44. The minimum Gasteiger partial charge on any atom is -0.496 e. The minimum atomic E-state index is -4.92. The van der Waals surface area contributed by atoms with E-state index in [1.165, 1.54) is 32.2 Å². The molecule has 0 radical (unpaired) electrons. The monoisotopic (exact) mass is 323 g/mol. The van der Waals surface area contributed by atoms with Crippen LogP contribution in [0, 0.1) is 0 Å². The van der Waals surface area contributed by atoms with Crippen molar-refractivity contribution in [3.63, 3.8) is 0 Å². The van der Waals surface area contributed by atoms with Crippen LogP contribution in [0.15, 0.2) is 30.4 Å². The van der Waals surface area contributed by atoms with Gasteiger partial charge in [-0.2, -0.15) is 13.2 Å². The van der Waals surface area contributed by atoms with E-state index in [1.54, 1.807) is 0 Å². The maximum absolute atomic E-state index is 13.3. The van der Waals surface area contributed by atoms with Crippen LogP contribution in [0.1, 0.15) is 24.9 Å². The van der Waals surface area contributed by atoms with Crippen molar-refractivity contribution in [3.05, 3.63) is 40.9 Å². The van der Waals surface area contributed by atoms with Crippen molar-refractivity contribution < 1.29 is 23.0 Å². The van der Waals surface area contributed by atoms with Gasteiger partial charge in [-0.25, -0.2) is 0 Å². The molecular weight excluding hydrogens is 307 g/mol. The molecule has 2 atom stereocenters. The number of hydrogen-bond donors (Lipinski definition) is 2. The molecule has 0 aliphatic carbocycles. The molecule has 0 fully saturated rings. The van der Waals surface area contributed by atoms with Gasteiger partial charge in [0.2, 0.25) is 0 Å². The first-order valence-electron chi connectivity index (χ1n) is 6.05. The maximum atomic E-state index is 13.3. The van der Waals surface area contributed by atoms with Crippen molar-refractivity contribution in [1.82, 2.24) is 0 Å². The summed E-state index contributed by atoms with van der Waals surface area (Å²) in [5.41, 5.74) is 2.74. The van der Waals surface area contributed by atoms with Crippen LogP contribution in [0.3, 0.4) is 0 Å². The second-order valence-electron chi connectivity index (χ2n) is 4.92. The van der Waals surface area contributed by atoms with E-state index in [1.807, 2.05) is 0 Å². The van der Waals surface area contributed by atoms with Gasteiger partial charge in [0.25, 0.3) is 0 Å². The van der Waals surface area contributed by atoms with E-state index in [-0.39, 0.29) is 16.9 Å². The third kappa shape index (κ3) is 3.70. The van der Waals surface area contributed by atoms with Gasteiger partial charge in [0.1, 0.15) is 5.75 Å². The average molecular weight is 324 g/mol. The minimum absolute atomic E-state index is 0.0166. The predicted octanol–water partition coefficient (Wildman–Crippen LogP) is 3.61. The van der Waals surface area contributed by atoms with E-state index in [9.17, 15) is 18.3 Å². The van der Waals surface area contributed by atoms with Crippen molar-refractivity contribution in [2.24, 2.45) is 5.73 Å². The van der Waals surface area contributed by atoms with Gasteiger partial charge in [-0.15, -0.1) is 6.58 Å². The Kier molecular flexibility index (Phi) is 5.30. The summed E-state index contributed by atoms with van der Waals surface area (Å²) in [5.74, 6) is 0.0828. The molecule has 0 aliphatic heterocycles. The van der Waals surface area contributed by atoms with Crippen molar-refractivity contribution in [2.45, 2.75) is 31.2 Å². The summed E-state index contributed by atoms with van der Waals surface area (Å²) in [6.45, 7) is 4.81. The zero-order valence-electron chi connectivity index (χ0n) is 11.7. The van der Waals surface area contributed by atoms with Gasteiger partial charge in [0, 0.05) is 17.0 Å². The molecule has 1 rings (SSSR count). The van der Waals surface area contributed by atoms with Gasteiger partial charge in [0.05, 0.1) is 13.2 Å². The number of alkyl halides is 3. The summed E-state index contributed by atoms with van der Waals surface area (Å²) in [6.07, 6.45) is -5.63. The third-order valence-electron chi connectivity index (χ3n) is 3.11. The van der Waals surface area contributed by atoms with Crippen molar-refractivity contribution in [3.8, 4) is 5.75 Å². The van der Waals surface area contributed by atoms with Crippen molar-refractivity contribution in [2.75, 3.05) is 7.11 Å². The molecule has 0 amide bonds. The second kappa shape index (κ2) is 6.25. The van der Waals surface area contributed by atoms with Crippen LogP contribution < -0.4 is 10.5 Å². The number of benzene rings is 1. The Bertz CT molecular complexity index is 533. The first kappa shape index (κ1) is 17.8. The molecule has 0 aliphatic rings. The van der Waals surface area contributed by atoms with E-state index < -0.39 is 24.2 Å². The van der Waals surface area contributed by atoms with Crippen LogP contribution in [0.2, 0.25) is 5.02 Å². The Morgan fingerprint density at radius 2 is 2.05 bits per heavy atom. The number of nitrogens with two attached hydrogens (primary N) is 1. The van der Waals surface area contributed by atoms with Crippen LogP contribution in [0.25, 0.3) is 0 Å². The molecule has 118 valence electrons. The molecule has 0 spiro atoms. The van der Waals surface area contributed by atoms with Gasteiger partial charge in [-0.3, -0.25) is 0 Å². The van der Waals surface area contributed by atoms with Crippen molar-refractivity contribution >= 4 is 11.6 Å². The number of methoxy groups -OCH3 is 1. The lowest BCUT2D eigenvalue weighted by Gasteiger charge is -2.36. The largest absolute Gasteiger partial charge is 0.496 e. The van der Waals surface area contributed by atoms with Gasteiger partial charge < -0.3 is 15.6 Å². The highest BCUT2D eigenvalue weighted by atomic mass is 35.5. The van der Waals surface area contributed by atoms with Crippen molar-refractivity contribution in [1.29, 1.82) is 0 Å². The second-order valence-corrected chi connectivity index (χ2v) is 5.36. The summed E-state index contributed by atoms with van der Waals surface area (Å²) in [5, 5.41) is 10.4. The average Bonchev–Trinajstić information content (AvgIpc) is 2.35. The van der Waals surface area contributed by atoms with Crippen LogP contribution in [-0.2, 0) is 0 Å². The first-order valence-corrected chi connectivity index (χ1v) is 6.43. The zero-order valence-corrected chi connectivity index (χ0v) is 12.4. The van der Waals surface area contributed by atoms with E-state index in [2.05, 4.69) is 6.58 Å². The lowest BCUT2D eigenvalue weighted by molar-refractivity contribution is -0.268. The lowest BCUT2D eigenvalue weighted by atomic mass is 9.83. The quantitative estimate of drug-likeness (QED) is 0.814. The molecule has 21 heavy (non-hydrogen) atoms. The molecule has 0 aromatic heterocycles. The van der Waals surface area contributed by atoms with Crippen LogP contribution >= 0.6 is 11.6 Å². The van der Waals surface area contributed by atoms with Crippen LogP contribution in [0.4, 0.5) is 13.2 Å². The molecule has 0 saturated carbocycles. The van der Waals surface area contributed by atoms with E-state index in [0.717, 1.165) is 0 Å². The molecule has 7 heteroatoms. The van der Waals surface area contributed by atoms with E-state index >= 15 is 0 Å². The molecule has 0 heterocycles. The molecule has 1 aromatic carbocycles. The van der Waals surface area contributed by atoms with E-state index in [4.69, 9.17) is 22.1 Å². The highest BCUT2D eigenvalue weighted by molar-refractivity contribution is 6.30. The van der Waals surface area contributed by atoms with Gasteiger partial charge >= 0.3 is 6.18 Å². The smallest absolute Gasteiger partial charge is 0.419 e. The number of rotatable bonds is 5. The number of halogens is 4. The Balaban J connectivity index is 3.36. The number of hydrogen-bond acceptors (Lipinski definition) is 3. The Morgan fingerprint density at radius 1 is 1.48 bits per heavy atom. The van der Waals surface area contributed by atoms with Crippen LogP contribution in [-0.4, -0.2) is 24.0 Å². The predicted molar refractivity (Wildman–Crippen MR) is 75.4 cm³/mol. The standard InChI is InChI=1S/C14H17ClF3NO2/c1-8(2)7-13(20,14(16,17)18)12(19)10-5-4-9(15)6-11(10)21-3/h4-6,12,20H,1,7,19H2,2-3H3. The molecule has 3 nitrogen and oxygen atoms in total. The fraction of sp³-hybridized carbons (Fsp3) is 0.429. The molecule has 3 N–H and O–H groups in total. The van der Waals surface area contributed by atoms with Gasteiger partial charge in [-0.05, 0) is 19.1 Å². The Labute approximate surface area is 126 Å². The fourth-order valence-corrected chi connectivity index (χ4v) is 2.21. The Hall–Kier alpha value is -1.24. The maximum Gasteiger partial charge on any atom is 0.419 e. The number of ether oxygens (including phenoxy) is 1. The molecule has 2 unspecified atom stereocenters. The fourth-order valence-electron chi connectivity index (χ4n) is 2.05. The molecule has 0 saturated heterocycles. The Morgan fingerprint density at radius 3 is 2.48 bits per heavy atom. The summed E-state index contributed by atoms with van der Waals surface area (Å²) in [6, 6.07) is 2.30. The first-order chi connectivity index (χ1) is 9.52. The summed E-state index contributed by atoms with van der Waals surface area (Å²) < 4.78 is 44.8. The van der Waals surface area contributed by atoms with Gasteiger partial charge in [-0.1, -0.05) is 23.2 Å². The molecule has 0 bridgehead atoms. The van der Waals surface area contributed by atoms with Crippen LogP contribution in [0.5, 0.6) is 5.75 Å². The third-order valence-corrected chi connectivity index (χ3v) is 3.34. The highest BCUT2D eigenvalue weighted by Gasteiger charge is 2.58. The summed E-state index contributed by atoms with van der Waals surface area (Å²) >= 11 is 5.77. The topological polar surface area (TPSA) is 55.5 Å². The van der Waals surface area contributed by atoms with E-state index in [0.29, 0.717) is 5.02 Å². The normalized spacial score (nSPS) is 16.2. The summed E-state index contributed by atoms with van der Waals surface area (Å²) in [4.78, 5) is 0. The number of aliphatic hydroxyl groups is 1. The van der Waals surface area contributed by atoms with Gasteiger partial charge in [0.15, 0.2) is 5.60 Å². The lowest BCUT2D eigenvalue weighted by Crippen LogP contribution is -2.53. The SMILES string of the molecule is C=C(C)CC(O)(C(N)c1ccc(Cl)cc1OC)C(F)(F)F. The molecule has 1 aromatic rings. The summed E-state index contributed by atoms with van der Waals surface area (Å²) in [7, 11) is 1.28. The molecular formula is C14H17ClF3NO2.